The van der Waals surface area contributed by atoms with Crippen molar-refractivity contribution < 1.29 is 32.5 Å². The highest BCUT2D eigenvalue weighted by molar-refractivity contribution is 5.85. The van der Waals surface area contributed by atoms with Crippen LogP contribution in [-0.2, 0) is 11.2 Å². The zero-order chi connectivity index (χ0) is 23.2. The monoisotopic (exact) mass is 447 g/mol. The molecule has 0 bridgehead atoms. The van der Waals surface area contributed by atoms with Crippen LogP contribution in [-0.4, -0.2) is 41.0 Å². The molecule has 0 radical (unpaired) electrons. The van der Waals surface area contributed by atoms with Gasteiger partial charge in [0.15, 0.2) is 11.5 Å². The Hall–Kier alpha value is -3.00. The third-order valence-corrected chi connectivity index (χ3v) is 5.69. The lowest BCUT2D eigenvalue weighted by atomic mass is 9.83. The van der Waals surface area contributed by atoms with Crippen molar-refractivity contribution in [2.45, 2.75) is 44.9 Å². The molecule has 0 aliphatic carbocycles. The second-order valence-corrected chi connectivity index (χ2v) is 8.82. The number of hydrogen-bond donors (Lipinski definition) is 1. The van der Waals surface area contributed by atoms with Gasteiger partial charge in [-0.05, 0) is 74.2 Å². The Morgan fingerprint density at radius 3 is 2.41 bits per heavy atom. The number of fused-ring (bicyclic) bond motifs is 2. The van der Waals surface area contributed by atoms with E-state index in [-0.39, 0.29) is 30.5 Å². The summed E-state index contributed by atoms with van der Waals surface area (Å²) in [5.41, 5.74) is -0.250. The van der Waals surface area contributed by atoms with Crippen molar-refractivity contribution in [3.63, 3.8) is 0 Å². The lowest BCUT2D eigenvalue weighted by Gasteiger charge is -2.44. The van der Waals surface area contributed by atoms with Gasteiger partial charge in [-0.2, -0.15) is 0 Å². The van der Waals surface area contributed by atoms with Gasteiger partial charge in [0.2, 0.25) is 6.79 Å². The van der Waals surface area contributed by atoms with E-state index in [9.17, 15) is 9.18 Å². The Labute approximate surface area is 184 Å². The molecule has 0 saturated carbocycles. The minimum atomic E-state index is -1.60. The molecule has 2 aromatic rings. The molecular formula is C24H24F3NO4. The molecule has 0 aromatic heterocycles. The van der Waals surface area contributed by atoms with Crippen LogP contribution in [0.4, 0.5) is 13.2 Å². The SMILES string of the molecule is C[C@H]1Cc2cc3c(cc2[C@H](c2c(F)cc(/C=C/C(=O)O)cc2F)N1CC(C)(C)F)OCO3. The molecule has 32 heavy (non-hydrogen) atoms. The summed E-state index contributed by atoms with van der Waals surface area (Å²) in [4.78, 5) is 12.5. The van der Waals surface area contributed by atoms with E-state index in [0.29, 0.717) is 23.5 Å². The van der Waals surface area contributed by atoms with Crippen molar-refractivity contribution in [3.05, 3.63) is 64.2 Å². The Kier molecular flexibility index (Phi) is 5.67. The highest BCUT2D eigenvalue weighted by Crippen LogP contribution is 2.46. The fraction of sp³-hybridized carbons (Fsp3) is 0.375. The molecule has 8 heteroatoms. The average Bonchev–Trinajstić information content (AvgIpc) is 3.13. The van der Waals surface area contributed by atoms with Gasteiger partial charge >= 0.3 is 5.97 Å². The molecule has 0 fully saturated rings. The average molecular weight is 447 g/mol. The third kappa shape index (κ3) is 4.32. The summed E-state index contributed by atoms with van der Waals surface area (Å²) in [5.74, 6) is -1.84. The first-order chi connectivity index (χ1) is 15.0. The molecule has 170 valence electrons. The molecule has 0 amide bonds. The summed E-state index contributed by atoms with van der Waals surface area (Å²) in [6.07, 6.45) is 2.49. The van der Waals surface area contributed by atoms with Gasteiger partial charge < -0.3 is 14.6 Å². The van der Waals surface area contributed by atoms with Gasteiger partial charge in [-0.1, -0.05) is 0 Å². The van der Waals surface area contributed by atoms with E-state index >= 15 is 8.78 Å². The Morgan fingerprint density at radius 2 is 1.81 bits per heavy atom. The van der Waals surface area contributed by atoms with Crippen LogP contribution in [0.1, 0.15) is 49.1 Å². The van der Waals surface area contributed by atoms with Crippen molar-refractivity contribution in [2.24, 2.45) is 0 Å². The predicted molar refractivity (Wildman–Crippen MR) is 112 cm³/mol. The number of halogens is 3. The number of hydrogen-bond acceptors (Lipinski definition) is 4. The lowest BCUT2D eigenvalue weighted by molar-refractivity contribution is -0.131. The molecule has 2 heterocycles. The van der Waals surface area contributed by atoms with Gasteiger partial charge in [0.25, 0.3) is 0 Å². The maximum absolute atomic E-state index is 15.3. The van der Waals surface area contributed by atoms with Crippen LogP contribution in [0, 0.1) is 11.6 Å². The van der Waals surface area contributed by atoms with Crippen molar-refractivity contribution in [1.29, 1.82) is 0 Å². The van der Waals surface area contributed by atoms with Crippen molar-refractivity contribution in [2.75, 3.05) is 13.3 Å². The highest BCUT2D eigenvalue weighted by Gasteiger charge is 2.40. The van der Waals surface area contributed by atoms with Gasteiger partial charge in [0.05, 0.1) is 6.04 Å². The van der Waals surface area contributed by atoms with Crippen LogP contribution in [0.2, 0.25) is 0 Å². The van der Waals surface area contributed by atoms with Crippen LogP contribution in [0.15, 0.2) is 30.3 Å². The normalized spacial score (nSPS) is 20.6. The van der Waals surface area contributed by atoms with Gasteiger partial charge in [-0.25, -0.2) is 18.0 Å². The molecule has 2 aliphatic heterocycles. The molecule has 2 atom stereocenters. The summed E-state index contributed by atoms with van der Waals surface area (Å²) in [7, 11) is 0. The fourth-order valence-corrected chi connectivity index (χ4v) is 4.43. The first-order valence-electron chi connectivity index (χ1n) is 10.3. The zero-order valence-corrected chi connectivity index (χ0v) is 18.0. The summed E-state index contributed by atoms with van der Waals surface area (Å²) in [6.45, 7) is 4.78. The smallest absolute Gasteiger partial charge is 0.328 e. The second kappa shape index (κ2) is 8.16. The molecule has 2 aliphatic rings. The van der Waals surface area contributed by atoms with E-state index in [0.717, 1.165) is 29.8 Å². The van der Waals surface area contributed by atoms with Gasteiger partial charge in [-0.3, -0.25) is 4.90 Å². The molecule has 5 nitrogen and oxygen atoms in total. The van der Waals surface area contributed by atoms with Gasteiger partial charge in [0.1, 0.15) is 17.3 Å². The standard InChI is InChI=1S/C24H24F3NO4/c1-13-6-15-9-19-20(32-12-31-19)10-16(15)23(28(13)11-24(2,3)27)22-17(25)7-14(8-18(22)26)4-5-21(29)30/h4-5,7-10,13,23H,6,11-12H2,1-3H3,(H,29,30)/b5-4+/t13-,23+/m0/s1. The van der Waals surface area contributed by atoms with Crippen LogP contribution < -0.4 is 9.47 Å². The topological polar surface area (TPSA) is 59.0 Å². The van der Waals surface area contributed by atoms with E-state index in [1.165, 1.54) is 13.8 Å². The summed E-state index contributed by atoms with van der Waals surface area (Å²) >= 11 is 0. The molecule has 0 unspecified atom stereocenters. The van der Waals surface area contributed by atoms with E-state index in [1.54, 1.807) is 11.0 Å². The summed E-state index contributed by atoms with van der Waals surface area (Å²) < 4.78 is 56.3. The van der Waals surface area contributed by atoms with Gasteiger partial charge in [0, 0.05) is 24.2 Å². The first kappa shape index (κ1) is 22.2. The largest absolute Gasteiger partial charge is 0.478 e. The lowest BCUT2D eigenvalue weighted by Crippen LogP contribution is -2.48. The predicted octanol–water partition coefficient (Wildman–Crippen LogP) is 4.88. The number of nitrogens with zero attached hydrogens (tertiary/aromatic N) is 1. The number of carboxylic acids is 1. The minimum Gasteiger partial charge on any atom is -0.478 e. The number of alkyl halides is 1. The molecular weight excluding hydrogens is 423 g/mol. The van der Waals surface area contributed by atoms with E-state index in [1.807, 2.05) is 13.0 Å². The van der Waals surface area contributed by atoms with Crippen molar-refractivity contribution in [3.8, 4) is 11.5 Å². The summed E-state index contributed by atoms with van der Waals surface area (Å²) in [6, 6.07) is 4.61. The molecule has 4 rings (SSSR count). The van der Waals surface area contributed by atoms with E-state index in [4.69, 9.17) is 14.6 Å². The maximum Gasteiger partial charge on any atom is 0.328 e. The number of aliphatic carboxylic acids is 1. The second-order valence-electron chi connectivity index (χ2n) is 8.82. The van der Waals surface area contributed by atoms with Crippen LogP contribution in [0.25, 0.3) is 6.08 Å². The quantitative estimate of drug-likeness (QED) is 0.663. The van der Waals surface area contributed by atoms with E-state index < -0.39 is 29.3 Å². The van der Waals surface area contributed by atoms with Crippen LogP contribution >= 0.6 is 0 Å². The third-order valence-electron chi connectivity index (χ3n) is 5.69. The Bertz CT molecular complexity index is 1070. The number of ether oxygens (including phenoxy) is 2. The van der Waals surface area contributed by atoms with Crippen LogP contribution in [0.5, 0.6) is 11.5 Å². The first-order valence-corrected chi connectivity index (χ1v) is 10.3. The fourth-order valence-electron chi connectivity index (χ4n) is 4.43. The Balaban J connectivity index is 1.88. The minimum absolute atomic E-state index is 0.0355. The number of benzene rings is 2. The maximum atomic E-state index is 15.3. The zero-order valence-electron chi connectivity index (χ0n) is 18.0. The number of carbonyl (C=O) groups is 1. The van der Waals surface area contributed by atoms with Gasteiger partial charge in [-0.15, -0.1) is 0 Å². The number of rotatable bonds is 5. The van der Waals surface area contributed by atoms with Crippen LogP contribution in [0.3, 0.4) is 0 Å². The molecule has 0 spiro atoms. The molecule has 2 aromatic carbocycles. The molecule has 0 saturated heterocycles. The molecule has 1 N–H and O–H groups in total. The number of carboxylic acid groups (broad SMARTS) is 1. The van der Waals surface area contributed by atoms with Crippen molar-refractivity contribution in [1.82, 2.24) is 4.90 Å². The van der Waals surface area contributed by atoms with Crippen molar-refractivity contribution >= 4 is 12.0 Å². The highest BCUT2D eigenvalue weighted by atomic mass is 19.1. The summed E-state index contributed by atoms with van der Waals surface area (Å²) in [5, 5.41) is 8.79. The Morgan fingerprint density at radius 1 is 1.19 bits per heavy atom. The van der Waals surface area contributed by atoms with E-state index in [2.05, 4.69) is 0 Å².